The minimum Gasteiger partial charge on any atom is -0.377 e. The number of hydrogen-bond donors (Lipinski definition) is 2. The molecule has 64 valence electrons. The van der Waals surface area contributed by atoms with E-state index in [1.165, 1.54) is 6.33 Å². The first-order valence-corrected chi connectivity index (χ1v) is 4.10. The van der Waals surface area contributed by atoms with Gasteiger partial charge in [0.15, 0.2) is 0 Å². The minimum atomic E-state index is -0.0634. The summed E-state index contributed by atoms with van der Waals surface area (Å²) in [6, 6.07) is 0.378. The van der Waals surface area contributed by atoms with Crippen LogP contribution in [0, 0.1) is 0 Å². The van der Waals surface area contributed by atoms with E-state index in [1.807, 2.05) is 0 Å². The molecule has 0 fully saturated rings. The van der Waals surface area contributed by atoms with E-state index in [1.54, 1.807) is 0 Å². The Bertz CT molecular complexity index is 344. The van der Waals surface area contributed by atoms with Crippen molar-refractivity contribution >= 4 is 5.69 Å². The topological polar surface area (TPSA) is 57.8 Å². The summed E-state index contributed by atoms with van der Waals surface area (Å²) in [6.45, 7) is 2.06. The van der Waals surface area contributed by atoms with Crippen LogP contribution in [0.15, 0.2) is 11.1 Å². The summed E-state index contributed by atoms with van der Waals surface area (Å²) in [6.07, 6.45) is 3.40. The van der Waals surface area contributed by atoms with Gasteiger partial charge in [-0.2, -0.15) is 0 Å². The number of nitrogens with one attached hydrogen (secondary N) is 2. The normalized spacial score (nSPS) is 21.2. The minimum absolute atomic E-state index is 0.0634. The molecule has 1 aliphatic rings. The van der Waals surface area contributed by atoms with Gasteiger partial charge in [-0.3, -0.25) is 4.79 Å². The fraction of sp³-hybridized carbons (Fsp3) is 0.500. The first kappa shape index (κ1) is 7.34. The number of fused-ring (bicyclic) bond motifs is 1. The van der Waals surface area contributed by atoms with Gasteiger partial charge in [-0.25, -0.2) is 4.98 Å². The third-order valence-corrected chi connectivity index (χ3v) is 2.14. The predicted octanol–water partition coefficient (Wildman–Crippen LogP) is 0.516. The van der Waals surface area contributed by atoms with E-state index in [2.05, 4.69) is 22.2 Å². The number of aryl methyl sites for hydroxylation is 1. The van der Waals surface area contributed by atoms with Crippen LogP contribution in [0.25, 0.3) is 0 Å². The Hall–Kier alpha value is -1.32. The molecule has 4 heteroatoms. The van der Waals surface area contributed by atoms with Gasteiger partial charge in [0, 0.05) is 6.04 Å². The molecule has 0 bridgehead atoms. The quantitative estimate of drug-likeness (QED) is 0.589. The van der Waals surface area contributed by atoms with Crippen molar-refractivity contribution in [3.05, 3.63) is 22.4 Å². The number of H-pyrrole nitrogens is 1. The van der Waals surface area contributed by atoms with Crippen LogP contribution < -0.4 is 10.9 Å². The largest absolute Gasteiger partial charge is 0.377 e. The lowest BCUT2D eigenvalue weighted by molar-refractivity contribution is 0.662. The highest BCUT2D eigenvalue weighted by molar-refractivity contribution is 5.48. The molecule has 2 N–H and O–H groups in total. The zero-order valence-electron chi connectivity index (χ0n) is 6.92. The molecular weight excluding hydrogens is 154 g/mol. The molecule has 0 amide bonds. The van der Waals surface area contributed by atoms with Gasteiger partial charge in [0.1, 0.15) is 5.69 Å². The van der Waals surface area contributed by atoms with E-state index in [4.69, 9.17) is 0 Å². The van der Waals surface area contributed by atoms with Crippen LogP contribution in [-0.2, 0) is 6.42 Å². The molecule has 1 aromatic heterocycles. The van der Waals surface area contributed by atoms with Crippen LogP contribution in [0.2, 0.25) is 0 Å². The van der Waals surface area contributed by atoms with Gasteiger partial charge in [0.25, 0.3) is 5.56 Å². The Balaban J connectivity index is 2.50. The second-order valence-corrected chi connectivity index (χ2v) is 3.14. The summed E-state index contributed by atoms with van der Waals surface area (Å²) in [5.74, 6) is 0. The third-order valence-electron chi connectivity index (χ3n) is 2.14. The molecule has 0 saturated carbocycles. The van der Waals surface area contributed by atoms with Crippen molar-refractivity contribution in [2.75, 3.05) is 5.32 Å². The average molecular weight is 165 g/mol. The third kappa shape index (κ3) is 1.09. The summed E-state index contributed by atoms with van der Waals surface area (Å²) in [7, 11) is 0. The summed E-state index contributed by atoms with van der Waals surface area (Å²) in [5, 5.41) is 3.12. The number of anilines is 1. The van der Waals surface area contributed by atoms with Crippen LogP contribution >= 0.6 is 0 Å². The van der Waals surface area contributed by atoms with E-state index < -0.39 is 0 Å². The molecular formula is C8H11N3O. The lowest BCUT2D eigenvalue weighted by Gasteiger charge is -2.21. The Morgan fingerprint density at radius 3 is 3.33 bits per heavy atom. The Morgan fingerprint density at radius 1 is 1.67 bits per heavy atom. The van der Waals surface area contributed by atoms with Crippen molar-refractivity contribution in [3.8, 4) is 0 Å². The second-order valence-electron chi connectivity index (χ2n) is 3.14. The smallest absolute Gasteiger partial charge is 0.274 e. The summed E-state index contributed by atoms with van der Waals surface area (Å²) in [5.41, 5.74) is 1.47. The number of aromatic nitrogens is 2. The molecule has 0 spiro atoms. The maximum absolute atomic E-state index is 11.3. The summed E-state index contributed by atoms with van der Waals surface area (Å²) >= 11 is 0. The Morgan fingerprint density at radius 2 is 2.50 bits per heavy atom. The molecule has 1 unspecified atom stereocenters. The van der Waals surface area contributed by atoms with Crippen molar-refractivity contribution in [1.82, 2.24) is 9.97 Å². The fourth-order valence-electron chi connectivity index (χ4n) is 1.45. The number of aromatic amines is 1. The molecule has 0 aliphatic carbocycles. The highest BCUT2D eigenvalue weighted by Crippen LogP contribution is 2.17. The van der Waals surface area contributed by atoms with Crippen molar-refractivity contribution in [2.24, 2.45) is 0 Å². The molecule has 1 aromatic rings. The van der Waals surface area contributed by atoms with Gasteiger partial charge < -0.3 is 10.3 Å². The second kappa shape index (κ2) is 2.62. The fourth-order valence-corrected chi connectivity index (χ4v) is 1.45. The standard InChI is InChI=1S/C8H11N3O/c1-5-2-3-6-7(11-5)8(12)10-4-9-6/h4-5,11H,2-3H2,1H3,(H,9,10,12). The lowest BCUT2D eigenvalue weighted by atomic mass is 10.1. The average Bonchev–Trinajstić information content (AvgIpc) is 2.07. The van der Waals surface area contributed by atoms with Crippen LogP contribution in [0.3, 0.4) is 0 Å². The van der Waals surface area contributed by atoms with Gasteiger partial charge >= 0.3 is 0 Å². The van der Waals surface area contributed by atoms with Gasteiger partial charge in [-0.15, -0.1) is 0 Å². The summed E-state index contributed by atoms with van der Waals surface area (Å²) < 4.78 is 0. The zero-order chi connectivity index (χ0) is 8.55. The van der Waals surface area contributed by atoms with Crippen molar-refractivity contribution in [1.29, 1.82) is 0 Å². The maximum atomic E-state index is 11.3. The highest BCUT2D eigenvalue weighted by atomic mass is 16.1. The number of hydrogen-bond acceptors (Lipinski definition) is 3. The molecule has 1 atom stereocenters. The summed E-state index contributed by atoms with van der Waals surface area (Å²) in [4.78, 5) is 17.9. The van der Waals surface area contributed by atoms with Crippen molar-refractivity contribution < 1.29 is 0 Å². The molecule has 2 rings (SSSR count). The van der Waals surface area contributed by atoms with E-state index in [-0.39, 0.29) is 5.56 Å². The van der Waals surface area contributed by atoms with E-state index in [9.17, 15) is 4.79 Å². The first-order valence-electron chi connectivity index (χ1n) is 4.10. The monoisotopic (exact) mass is 165 g/mol. The molecule has 4 nitrogen and oxygen atoms in total. The molecule has 0 aromatic carbocycles. The molecule has 0 radical (unpaired) electrons. The van der Waals surface area contributed by atoms with Gasteiger partial charge in [0.05, 0.1) is 12.0 Å². The molecule has 1 aliphatic heterocycles. The Kier molecular flexibility index (Phi) is 1.60. The van der Waals surface area contributed by atoms with Crippen molar-refractivity contribution in [2.45, 2.75) is 25.8 Å². The van der Waals surface area contributed by atoms with Crippen molar-refractivity contribution in [3.63, 3.8) is 0 Å². The number of nitrogens with zero attached hydrogens (tertiary/aromatic N) is 1. The SMILES string of the molecule is CC1CCc2nc[nH]c(=O)c2N1. The molecule has 0 saturated heterocycles. The van der Waals surface area contributed by atoms with E-state index >= 15 is 0 Å². The van der Waals surface area contributed by atoms with E-state index in [0.29, 0.717) is 11.7 Å². The Labute approximate surface area is 70.0 Å². The van der Waals surface area contributed by atoms with Gasteiger partial charge in [-0.05, 0) is 19.8 Å². The molecule has 12 heavy (non-hydrogen) atoms. The lowest BCUT2D eigenvalue weighted by Crippen LogP contribution is -2.28. The van der Waals surface area contributed by atoms with Gasteiger partial charge in [-0.1, -0.05) is 0 Å². The maximum Gasteiger partial charge on any atom is 0.274 e. The van der Waals surface area contributed by atoms with Crippen LogP contribution in [0.1, 0.15) is 19.0 Å². The molecule has 2 heterocycles. The zero-order valence-corrected chi connectivity index (χ0v) is 6.92. The van der Waals surface area contributed by atoms with Crippen LogP contribution in [-0.4, -0.2) is 16.0 Å². The highest BCUT2D eigenvalue weighted by Gasteiger charge is 2.16. The van der Waals surface area contributed by atoms with E-state index in [0.717, 1.165) is 18.5 Å². The predicted molar refractivity (Wildman–Crippen MR) is 46.3 cm³/mol. The first-order chi connectivity index (χ1) is 5.77. The van der Waals surface area contributed by atoms with Crippen LogP contribution in [0.5, 0.6) is 0 Å². The van der Waals surface area contributed by atoms with Gasteiger partial charge in [0.2, 0.25) is 0 Å². The van der Waals surface area contributed by atoms with Crippen LogP contribution in [0.4, 0.5) is 5.69 Å². The number of rotatable bonds is 0.